The van der Waals surface area contributed by atoms with Gasteiger partial charge in [-0.15, -0.1) is 5.10 Å². The molecule has 32 heavy (non-hydrogen) atoms. The maximum Gasteiger partial charge on any atom is 0.245 e. The predicted octanol–water partition coefficient (Wildman–Crippen LogP) is 4.23. The number of aryl methyl sites for hydroxylation is 1. The number of nitrogens with one attached hydrogen (secondary N) is 1. The van der Waals surface area contributed by atoms with E-state index in [1.54, 1.807) is 26.4 Å². The molecule has 0 fully saturated rings. The molecule has 0 unspecified atom stereocenters. The van der Waals surface area contributed by atoms with E-state index in [9.17, 15) is 4.79 Å². The summed E-state index contributed by atoms with van der Waals surface area (Å²) in [6.07, 6.45) is 6.61. The van der Waals surface area contributed by atoms with E-state index in [4.69, 9.17) is 4.74 Å². The fourth-order valence-electron chi connectivity index (χ4n) is 4.10. The van der Waals surface area contributed by atoms with Crippen LogP contribution in [0, 0.1) is 0 Å². The molecule has 1 aromatic carbocycles. The van der Waals surface area contributed by atoms with Gasteiger partial charge in [0.05, 0.1) is 24.5 Å². The first-order chi connectivity index (χ1) is 15.6. The summed E-state index contributed by atoms with van der Waals surface area (Å²) >= 11 is 0. The van der Waals surface area contributed by atoms with Gasteiger partial charge < -0.3 is 15.0 Å². The second kappa shape index (κ2) is 8.30. The molecule has 1 aliphatic heterocycles. The van der Waals surface area contributed by atoms with Crippen molar-refractivity contribution in [3.05, 3.63) is 60.4 Å². The van der Waals surface area contributed by atoms with E-state index in [1.165, 1.54) is 5.56 Å². The van der Waals surface area contributed by atoms with Gasteiger partial charge in [-0.1, -0.05) is 6.07 Å². The smallest absolute Gasteiger partial charge is 0.245 e. The molecular formula is C24H24N6O2. The number of methoxy groups -OCH3 is 1. The number of amides is 1. The zero-order valence-electron chi connectivity index (χ0n) is 18.1. The zero-order valence-corrected chi connectivity index (χ0v) is 18.1. The lowest BCUT2D eigenvalue weighted by Crippen LogP contribution is -2.29. The lowest BCUT2D eigenvalue weighted by atomic mass is 10.1. The highest BCUT2D eigenvalue weighted by Gasteiger charge is 2.19. The van der Waals surface area contributed by atoms with Crippen molar-refractivity contribution in [1.82, 2.24) is 19.6 Å². The molecule has 162 valence electrons. The lowest BCUT2D eigenvalue weighted by molar-refractivity contribution is -0.116. The second-order valence-corrected chi connectivity index (χ2v) is 7.82. The summed E-state index contributed by atoms with van der Waals surface area (Å²) < 4.78 is 6.99. The maximum atomic E-state index is 12.2. The molecule has 8 heteroatoms. The van der Waals surface area contributed by atoms with Crippen molar-refractivity contribution < 1.29 is 9.53 Å². The number of carbonyl (C=O) groups is 1. The predicted molar refractivity (Wildman–Crippen MR) is 123 cm³/mol. The highest BCUT2D eigenvalue weighted by atomic mass is 16.5. The Balaban J connectivity index is 1.47. The number of rotatable bonds is 4. The Labute approximate surface area is 185 Å². The average Bonchev–Trinajstić information content (AvgIpc) is 3.10. The number of carbonyl (C=O) groups excluding carboxylic acids is 1. The molecule has 0 aliphatic carbocycles. The van der Waals surface area contributed by atoms with Crippen LogP contribution in [0.1, 0.15) is 25.3 Å². The van der Waals surface area contributed by atoms with Gasteiger partial charge in [0.15, 0.2) is 0 Å². The summed E-state index contributed by atoms with van der Waals surface area (Å²) in [6, 6.07) is 13.8. The number of aromatic nitrogens is 4. The number of pyridine rings is 1. The van der Waals surface area contributed by atoms with Crippen LogP contribution in [0.2, 0.25) is 0 Å². The van der Waals surface area contributed by atoms with Crippen molar-refractivity contribution in [2.45, 2.75) is 26.2 Å². The molecule has 0 radical (unpaired) electrons. The van der Waals surface area contributed by atoms with E-state index in [2.05, 4.69) is 26.4 Å². The van der Waals surface area contributed by atoms with Gasteiger partial charge in [0.2, 0.25) is 17.7 Å². The third-order valence-corrected chi connectivity index (χ3v) is 5.73. The zero-order chi connectivity index (χ0) is 22.1. The summed E-state index contributed by atoms with van der Waals surface area (Å²) in [7, 11) is 1.60. The molecule has 0 bridgehead atoms. The largest absolute Gasteiger partial charge is 0.481 e. The monoisotopic (exact) mass is 428 g/mol. The molecule has 0 spiro atoms. The number of hydrogen-bond acceptors (Lipinski definition) is 6. The molecule has 5 rings (SSSR count). The molecule has 3 aromatic heterocycles. The van der Waals surface area contributed by atoms with Crippen molar-refractivity contribution in [2.75, 3.05) is 23.9 Å². The molecule has 8 nitrogen and oxygen atoms in total. The SMILES string of the molecule is COc1ccc(-c2ccc3cnc(Nc4ccc5c(c4)N(C(C)=O)CCCC5)nn23)cn1. The van der Waals surface area contributed by atoms with Crippen LogP contribution in [0.3, 0.4) is 0 Å². The van der Waals surface area contributed by atoms with Gasteiger partial charge in [-0.3, -0.25) is 4.79 Å². The van der Waals surface area contributed by atoms with Gasteiger partial charge in [0.1, 0.15) is 0 Å². The molecule has 1 amide bonds. The Bertz CT molecular complexity index is 1280. The van der Waals surface area contributed by atoms with Crippen molar-refractivity contribution in [3.63, 3.8) is 0 Å². The van der Waals surface area contributed by atoms with Gasteiger partial charge in [-0.05, 0) is 55.2 Å². The number of hydrogen-bond donors (Lipinski definition) is 1. The fraction of sp³-hybridized carbons (Fsp3) is 0.250. The van der Waals surface area contributed by atoms with E-state index in [0.29, 0.717) is 11.8 Å². The van der Waals surface area contributed by atoms with Crippen molar-refractivity contribution in [1.29, 1.82) is 0 Å². The number of fused-ring (bicyclic) bond motifs is 2. The highest BCUT2D eigenvalue weighted by Crippen LogP contribution is 2.30. The first-order valence-corrected chi connectivity index (χ1v) is 10.7. The van der Waals surface area contributed by atoms with Crippen molar-refractivity contribution >= 4 is 28.7 Å². The Morgan fingerprint density at radius 1 is 1.06 bits per heavy atom. The Kier molecular flexibility index (Phi) is 5.18. The minimum atomic E-state index is 0.0630. The van der Waals surface area contributed by atoms with Crippen molar-refractivity contribution in [3.8, 4) is 17.1 Å². The topological polar surface area (TPSA) is 84.6 Å². The van der Waals surface area contributed by atoms with E-state index >= 15 is 0 Å². The van der Waals surface area contributed by atoms with Gasteiger partial charge in [-0.25, -0.2) is 14.5 Å². The van der Waals surface area contributed by atoms with E-state index in [-0.39, 0.29) is 5.91 Å². The number of benzene rings is 1. The highest BCUT2D eigenvalue weighted by molar-refractivity contribution is 5.93. The summed E-state index contributed by atoms with van der Waals surface area (Å²) in [6.45, 7) is 2.37. The van der Waals surface area contributed by atoms with Crippen LogP contribution in [-0.4, -0.2) is 39.1 Å². The van der Waals surface area contributed by atoms with Gasteiger partial charge >= 0.3 is 0 Å². The van der Waals surface area contributed by atoms with Crippen molar-refractivity contribution in [2.24, 2.45) is 0 Å². The Morgan fingerprint density at radius 2 is 1.97 bits per heavy atom. The van der Waals surface area contributed by atoms with E-state index in [0.717, 1.165) is 54.0 Å². The van der Waals surface area contributed by atoms with Crippen LogP contribution in [0.25, 0.3) is 16.8 Å². The fourth-order valence-corrected chi connectivity index (χ4v) is 4.10. The van der Waals surface area contributed by atoms with Crippen LogP contribution in [0.4, 0.5) is 17.3 Å². The molecule has 0 saturated carbocycles. The van der Waals surface area contributed by atoms with Crippen LogP contribution < -0.4 is 15.0 Å². The van der Waals surface area contributed by atoms with Gasteiger partial charge in [0, 0.05) is 42.7 Å². The standard InChI is InChI=1S/C24H24N6O2/c1-16(31)29-12-4-3-5-17-6-8-19(13-22(17)29)27-24-26-15-20-9-10-21(30(20)28-24)18-7-11-23(32-2)25-14-18/h6-11,13-15H,3-5,12H2,1-2H3,(H,27,28). The quantitative estimate of drug-likeness (QED) is 0.524. The van der Waals surface area contributed by atoms with Crippen LogP contribution in [0.5, 0.6) is 5.88 Å². The number of ether oxygens (including phenoxy) is 1. The average molecular weight is 428 g/mol. The van der Waals surface area contributed by atoms with Crippen LogP contribution in [-0.2, 0) is 11.2 Å². The van der Waals surface area contributed by atoms with E-state index in [1.807, 2.05) is 45.8 Å². The molecule has 1 aliphatic rings. The molecular weight excluding hydrogens is 404 g/mol. The number of nitrogens with zero attached hydrogens (tertiary/aromatic N) is 5. The van der Waals surface area contributed by atoms with E-state index < -0.39 is 0 Å². The summed E-state index contributed by atoms with van der Waals surface area (Å²) in [5, 5.41) is 7.99. The molecule has 4 aromatic rings. The normalized spacial score (nSPS) is 13.5. The van der Waals surface area contributed by atoms with Crippen LogP contribution in [0.15, 0.2) is 54.9 Å². The van der Waals surface area contributed by atoms with Gasteiger partial charge in [-0.2, -0.15) is 0 Å². The lowest BCUT2D eigenvalue weighted by Gasteiger charge is -2.22. The Morgan fingerprint density at radius 3 is 2.75 bits per heavy atom. The summed E-state index contributed by atoms with van der Waals surface area (Å²) in [5.74, 6) is 1.10. The minimum absolute atomic E-state index is 0.0630. The van der Waals surface area contributed by atoms with Crippen LogP contribution >= 0.6 is 0 Å². The third-order valence-electron chi connectivity index (χ3n) is 5.73. The first-order valence-electron chi connectivity index (χ1n) is 10.7. The maximum absolute atomic E-state index is 12.2. The molecule has 0 atom stereocenters. The van der Waals surface area contributed by atoms with Gasteiger partial charge in [0.25, 0.3) is 0 Å². The second-order valence-electron chi connectivity index (χ2n) is 7.82. The summed E-state index contributed by atoms with van der Waals surface area (Å²) in [4.78, 5) is 22.8. The number of anilines is 3. The molecule has 0 saturated heterocycles. The minimum Gasteiger partial charge on any atom is -0.481 e. The molecule has 1 N–H and O–H groups in total. The molecule has 4 heterocycles. The third kappa shape index (κ3) is 3.75. The first kappa shape index (κ1) is 20.0. The summed E-state index contributed by atoms with van der Waals surface area (Å²) in [5.41, 5.74) is 5.72. The Hall–Kier alpha value is -3.94.